The van der Waals surface area contributed by atoms with Crippen LogP contribution in [0.25, 0.3) is 17.8 Å². The number of hydrogen-bond donors (Lipinski definition) is 1. The highest BCUT2D eigenvalue weighted by atomic mass is 35.5. The first-order valence-electron chi connectivity index (χ1n) is 5.85. The Hall–Kier alpha value is -2.33. The number of aliphatic hydroxyl groups is 1. The summed E-state index contributed by atoms with van der Waals surface area (Å²) in [5.41, 5.74) is 1.48. The normalized spacial score (nSPS) is 13.2. The number of allylic oxidation sites excluding steroid dienone is 6. The van der Waals surface area contributed by atoms with E-state index in [1.165, 1.54) is 16.9 Å². The molecule has 0 radical (unpaired) electrons. The van der Waals surface area contributed by atoms with Crippen molar-refractivity contribution in [2.75, 3.05) is 0 Å². The Bertz CT molecular complexity index is 621. The molecule has 0 fully saturated rings. The number of aromatic nitrogens is 3. The average Bonchev–Trinajstić information content (AvgIpc) is 2.86. The molecule has 20 heavy (non-hydrogen) atoms. The molecule has 1 aromatic heterocycles. The van der Waals surface area contributed by atoms with Crippen LogP contribution in [0.3, 0.4) is 0 Å². The fraction of sp³-hybridized carbons (Fsp3) is 0.0667. The molecule has 104 valence electrons. The maximum atomic E-state index is 9.83. The summed E-state index contributed by atoms with van der Waals surface area (Å²) in [6.07, 6.45) is 9.43. The predicted molar refractivity (Wildman–Crippen MR) is 85.0 cm³/mol. The molecule has 0 unspecified atom stereocenters. The summed E-state index contributed by atoms with van der Waals surface area (Å²) in [5.74, 6) is -0.0286. The Labute approximate surface area is 123 Å². The third kappa shape index (κ3) is 3.59. The topological polar surface area (TPSA) is 50.9 Å². The van der Waals surface area contributed by atoms with Gasteiger partial charge in [0.05, 0.1) is 0 Å². The van der Waals surface area contributed by atoms with Crippen LogP contribution >= 0.6 is 11.6 Å². The van der Waals surface area contributed by atoms with Gasteiger partial charge in [-0.1, -0.05) is 43.5 Å². The lowest BCUT2D eigenvalue weighted by atomic mass is 10.3. The summed E-state index contributed by atoms with van der Waals surface area (Å²) in [6, 6.07) is 0. The van der Waals surface area contributed by atoms with Crippen molar-refractivity contribution in [2.45, 2.75) is 6.92 Å². The Balaban J connectivity index is 3.44. The summed E-state index contributed by atoms with van der Waals surface area (Å²) in [5, 5.41) is 18.8. The fourth-order valence-electron chi connectivity index (χ4n) is 1.39. The second-order valence-electron chi connectivity index (χ2n) is 3.67. The van der Waals surface area contributed by atoms with Gasteiger partial charge in [0.1, 0.15) is 22.8 Å². The highest BCUT2D eigenvalue weighted by Gasteiger charge is 2.11. The monoisotopic (exact) mass is 289 g/mol. The summed E-state index contributed by atoms with van der Waals surface area (Å²) >= 11 is 5.91. The molecule has 0 aliphatic carbocycles. The van der Waals surface area contributed by atoms with E-state index in [9.17, 15) is 5.11 Å². The quantitative estimate of drug-likeness (QED) is 0.631. The highest BCUT2D eigenvalue weighted by molar-refractivity contribution is 6.33. The molecule has 1 rings (SSSR count). The Morgan fingerprint density at radius 1 is 1.20 bits per heavy atom. The number of halogens is 1. The van der Waals surface area contributed by atoms with Gasteiger partial charge in [-0.25, -0.2) is 0 Å². The van der Waals surface area contributed by atoms with E-state index < -0.39 is 0 Å². The van der Waals surface area contributed by atoms with Crippen molar-refractivity contribution in [3.05, 3.63) is 66.2 Å². The van der Waals surface area contributed by atoms with Gasteiger partial charge in [-0.15, -0.1) is 15.0 Å². The van der Waals surface area contributed by atoms with E-state index in [4.69, 9.17) is 11.6 Å². The zero-order valence-electron chi connectivity index (χ0n) is 11.3. The smallest absolute Gasteiger partial charge is 0.142 e. The van der Waals surface area contributed by atoms with Crippen LogP contribution in [0, 0.1) is 0 Å². The van der Waals surface area contributed by atoms with E-state index in [0.717, 1.165) is 0 Å². The van der Waals surface area contributed by atoms with Crippen molar-refractivity contribution < 1.29 is 5.11 Å². The third-order valence-electron chi connectivity index (χ3n) is 2.33. The lowest BCUT2D eigenvalue weighted by Gasteiger charge is -2.01. The van der Waals surface area contributed by atoms with Crippen molar-refractivity contribution in [1.82, 2.24) is 15.0 Å². The largest absolute Gasteiger partial charge is 0.506 e. The minimum Gasteiger partial charge on any atom is -0.506 e. The molecule has 0 saturated carbocycles. The Morgan fingerprint density at radius 3 is 2.35 bits per heavy atom. The minimum absolute atomic E-state index is 0.0286. The lowest BCUT2D eigenvalue weighted by Crippen LogP contribution is -2.02. The molecule has 1 N–H and O–H groups in total. The molecule has 0 saturated heterocycles. The van der Waals surface area contributed by atoms with Crippen LogP contribution in [0.1, 0.15) is 18.3 Å². The SMILES string of the molecule is C=C/C(O)=C(\C=C/C)n1nc(C=C)c(/C=C(/Cl)C=C)n1. The first kappa shape index (κ1) is 15.7. The van der Waals surface area contributed by atoms with Crippen molar-refractivity contribution >= 4 is 29.5 Å². The van der Waals surface area contributed by atoms with Crippen LogP contribution in [-0.2, 0) is 0 Å². The van der Waals surface area contributed by atoms with Crippen LogP contribution in [0.2, 0.25) is 0 Å². The molecule has 0 atom stereocenters. The molecule has 4 nitrogen and oxygen atoms in total. The Kier molecular flexibility index (Phi) is 5.74. The zero-order chi connectivity index (χ0) is 15.1. The molecule has 0 aromatic carbocycles. The number of rotatable bonds is 6. The van der Waals surface area contributed by atoms with Crippen LogP contribution in [0.4, 0.5) is 0 Å². The van der Waals surface area contributed by atoms with Gasteiger partial charge in [0.25, 0.3) is 0 Å². The highest BCUT2D eigenvalue weighted by Crippen LogP contribution is 2.17. The van der Waals surface area contributed by atoms with E-state index in [2.05, 4.69) is 29.9 Å². The van der Waals surface area contributed by atoms with Crippen molar-refractivity contribution in [1.29, 1.82) is 0 Å². The second-order valence-corrected chi connectivity index (χ2v) is 4.11. The van der Waals surface area contributed by atoms with E-state index >= 15 is 0 Å². The standard InChI is InChI=1S/C15H16ClN3O/c1-5-9-14(15(20)8-4)19-17-12(7-3)13(18-19)10-11(16)6-2/h5-10,20H,2-4H2,1H3/b9-5-,11-10+,15-14-. The van der Waals surface area contributed by atoms with Gasteiger partial charge in [-0.05, 0) is 31.2 Å². The molecule has 0 aliphatic rings. The molecule has 1 heterocycles. The molecule has 0 bridgehead atoms. The van der Waals surface area contributed by atoms with E-state index in [-0.39, 0.29) is 5.76 Å². The molecule has 0 amide bonds. The van der Waals surface area contributed by atoms with E-state index in [1.54, 1.807) is 24.3 Å². The maximum absolute atomic E-state index is 9.83. The Morgan fingerprint density at radius 2 is 1.85 bits per heavy atom. The number of aliphatic hydroxyl groups excluding tert-OH is 1. The van der Waals surface area contributed by atoms with Gasteiger partial charge >= 0.3 is 0 Å². The van der Waals surface area contributed by atoms with Crippen LogP contribution in [-0.4, -0.2) is 20.1 Å². The average molecular weight is 290 g/mol. The molecular weight excluding hydrogens is 274 g/mol. The van der Waals surface area contributed by atoms with Gasteiger partial charge < -0.3 is 5.11 Å². The molecule has 5 heteroatoms. The van der Waals surface area contributed by atoms with Gasteiger partial charge in [0.2, 0.25) is 0 Å². The van der Waals surface area contributed by atoms with Gasteiger partial charge in [0.15, 0.2) is 0 Å². The number of nitrogens with zero attached hydrogens (tertiary/aromatic N) is 3. The minimum atomic E-state index is -0.0286. The summed E-state index contributed by atoms with van der Waals surface area (Å²) in [7, 11) is 0. The summed E-state index contributed by atoms with van der Waals surface area (Å²) in [6.45, 7) is 12.6. The molecular formula is C15H16ClN3O. The fourth-order valence-corrected chi connectivity index (χ4v) is 1.49. The van der Waals surface area contributed by atoms with Crippen molar-refractivity contribution in [3.63, 3.8) is 0 Å². The maximum Gasteiger partial charge on any atom is 0.142 e. The third-order valence-corrected chi connectivity index (χ3v) is 2.59. The van der Waals surface area contributed by atoms with Gasteiger partial charge in [-0.3, -0.25) is 0 Å². The van der Waals surface area contributed by atoms with Gasteiger partial charge in [-0.2, -0.15) is 0 Å². The zero-order valence-corrected chi connectivity index (χ0v) is 12.0. The first-order chi connectivity index (χ1) is 9.57. The predicted octanol–water partition coefficient (Wildman–Crippen LogP) is 4.18. The van der Waals surface area contributed by atoms with Crippen molar-refractivity contribution in [3.8, 4) is 0 Å². The van der Waals surface area contributed by atoms with Crippen LogP contribution in [0.5, 0.6) is 0 Å². The van der Waals surface area contributed by atoms with Crippen LogP contribution < -0.4 is 0 Å². The van der Waals surface area contributed by atoms with Gasteiger partial charge in [0, 0.05) is 5.03 Å². The molecule has 0 aliphatic heterocycles. The van der Waals surface area contributed by atoms with E-state index in [1.807, 2.05) is 6.92 Å². The van der Waals surface area contributed by atoms with Crippen molar-refractivity contribution in [2.24, 2.45) is 0 Å². The molecule has 1 aromatic rings. The summed E-state index contributed by atoms with van der Waals surface area (Å²) in [4.78, 5) is 1.30. The lowest BCUT2D eigenvalue weighted by molar-refractivity contribution is 0.430. The first-order valence-corrected chi connectivity index (χ1v) is 6.23. The second kappa shape index (κ2) is 7.31. The number of hydrogen-bond acceptors (Lipinski definition) is 3. The van der Waals surface area contributed by atoms with Crippen LogP contribution in [0.15, 0.2) is 54.8 Å². The summed E-state index contributed by atoms with van der Waals surface area (Å²) < 4.78 is 0. The van der Waals surface area contributed by atoms with E-state index in [0.29, 0.717) is 22.1 Å². The molecule has 0 spiro atoms.